The molecule has 0 saturated carbocycles. The van der Waals surface area contributed by atoms with Crippen LogP contribution < -0.4 is 5.32 Å². The van der Waals surface area contributed by atoms with Gasteiger partial charge in [-0.15, -0.1) is 0 Å². The summed E-state index contributed by atoms with van der Waals surface area (Å²) < 4.78 is 24.3. The van der Waals surface area contributed by atoms with Gasteiger partial charge in [0.25, 0.3) is 5.91 Å². The van der Waals surface area contributed by atoms with Crippen LogP contribution >= 0.6 is 0 Å². The van der Waals surface area contributed by atoms with Crippen molar-refractivity contribution < 1.29 is 27.9 Å². The van der Waals surface area contributed by atoms with Gasteiger partial charge in [0.1, 0.15) is 11.8 Å². The molecule has 1 rings (SSSR count). The molecular formula is C16H22N2O6S. The monoisotopic (exact) mass is 370 g/mol. The second-order valence-electron chi connectivity index (χ2n) is 6.11. The number of sulfone groups is 1. The summed E-state index contributed by atoms with van der Waals surface area (Å²) in [5.41, 5.74) is 0.129. The van der Waals surface area contributed by atoms with Crippen LogP contribution in [0.2, 0.25) is 0 Å². The van der Waals surface area contributed by atoms with Gasteiger partial charge in [-0.25, -0.2) is 13.2 Å². The number of carbonyl (C=O) groups is 3. The molecule has 25 heavy (non-hydrogen) atoms. The van der Waals surface area contributed by atoms with Gasteiger partial charge in [0, 0.05) is 19.7 Å². The number of nitrogens with zero attached hydrogens (tertiary/aromatic N) is 1. The first-order chi connectivity index (χ1) is 11.5. The molecule has 0 fully saturated rings. The lowest BCUT2D eigenvalue weighted by molar-refractivity contribution is -0.140. The number of aliphatic carboxylic acids is 1. The molecule has 0 saturated heterocycles. The van der Waals surface area contributed by atoms with Crippen molar-refractivity contribution in [3.05, 3.63) is 29.8 Å². The molecule has 1 aromatic rings. The van der Waals surface area contributed by atoms with E-state index >= 15 is 0 Å². The molecule has 0 aliphatic rings. The van der Waals surface area contributed by atoms with Crippen LogP contribution in [0.3, 0.4) is 0 Å². The average Bonchev–Trinajstić information content (AvgIpc) is 2.51. The third-order valence-corrected chi connectivity index (χ3v) is 5.12. The number of carboxylic acids is 1. The Hall–Kier alpha value is -2.42. The molecule has 0 bridgehead atoms. The Kier molecular flexibility index (Phi) is 6.69. The quantitative estimate of drug-likeness (QED) is 0.716. The molecule has 138 valence electrons. The van der Waals surface area contributed by atoms with E-state index in [1.165, 1.54) is 43.3 Å². The smallest absolute Gasteiger partial charge is 0.326 e. The van der Waals surface area contributed by atoms with Crippen LogP contribution in [0.1, 0.15) is 24.2 Å². The Labute approximate surface area is 146 Å². The second-order valence-corrected chi connectivity index (χ2v) is 8.09. The first-order valence-corrected chi connectivity index (χ1v) is 9.17. The average molecular weight is 370 g/mol. The normalized spacial score (nSPS) is 12.5. The summed E-state index contributed by atoms with van der Waals surface area (Å²) in [7, 11) is -0.900. The minimum atomic E-state index is -3.81. The summed E-state index contributed by atoms with van der Waals surface area (Å²) in [5, 5.41) is 11.5. The van der Waals surface area contributed by atoms with Crippen LogP contribution in [0.4, 0.5) is 0 Å². The fourth-order valence-corrected chi connectivity index (χ4v) is 3.23. The molecule has 0 radical (unpaired) electrons. The van der Waals surface area contributed by atoms with Gasteiger partial charge in [-0.05, 0) is 30.2 Å². The molecule has 2 amide bonds. The Morgan fingerprint density at radius 3 is 2.04 bits per heavy atom. The van der Waals surface area contributed by atoms with Crippen molar-refractivity contribution in [2.75, 3.05) is 19.8 Å². The summed E-state index contributed by atoms with van der Waals surface area (Å²) >= 11 is 0. The van der Waals surface area contributed by atoms with Crippen LogP contribution in [0.5, 0.6) is 0 Å². The topological polar surface area (TPSA) is 121 Å². The van der Waals surface area contributed by atoms with Crippen molar-refractivity contribution in [1.82, 2.24) is 10.2 Å². The highest BCUT2D eigenvalue weighted by Gasteiger charge is 2.25. The maximum atomic E-state index is 12.2. The fourth-order valence-electron chi connectivity index (χ4n) is 1.93. The van der Waals surface area contributed by atoms with E-state index < -0.39 is 39.4 Å². The Morgan fingerprint density at radius 2 is 1.64 bits per heavy atom. The zero-order chi connectivity index (χ0) is 19.4. The lowest BCUT2D eigenvalue weighted by Gasteiger charge is -2.18. The van der Waals surface area contributed by atoms with Crippen molar-refractivity contribution in [3.8, 4) is 0 Å². The predicted molar refractivity (Wildman–Crippen MR) is 90.9 cm³/mol. The molecule has 1 aromatic carbocycles. The molecule has 9 heteroatoms. The number of hydrogen-bond donors (Lipinski definition) is 2. The van der Waals surface area contributed by atoms with Crippen molar-refractivity contribution in [1.29, 1.82) is 0 Å². The van der Waals surface area contributed by atoms with Crippen molar-refractivity contribution in [2.24, 2.45) is 5.92 Å². The zero-order valence-electron chi connectivity index (χ0n) is 14.5. The van der Waals surface area contributed by atoms with Gasteiger partial charge in [0.15, 0.2) is 9.84 Å². The molecule has 1 atom stereocenters. The Morgan fingerprint density at radius 1 is 1.12 bits per heavy atom. The number of hydrogen-bond acceptors (Lipinski definition) is 5. The number of rotatable bonds is 7. The minimum Gasteiger partial charge on any atom is -0.480 e. The van der Waals surface area contributed by atoms with Crippen LogP contribution in [0.25, 0.3) is 0 Å². The van der Waals surface area contributed by atoms with Gasteiger partial charge < -0.3 is 15.3 Å². The SMILES string of the molecule is CC(C)[C@@H](NC(=O)c1ccc(S(=O)(=O)CC(=O)N(C)C)cc1)C(=O)O. The van der Waals surface area contributed by atoms with E-state index in [1.807, 2.05) is 0 Å². The highest BCUT2D eigenvalue weighted by Crippen LogP contribution is 2.14. The fraction of sp³-hybridized carbons (Fsp3) is 0.438. The summed E-state index contributed by atoms with van der Waals surface area (Å²) in [6, 6.07) is 3.95. The molecule has 0 heterocycles. The third kappa shape index (κ3) is 5.56. The summed E-state index contributed by atoms with van der Waals surface area (Å²) in [6.45, 7) is 3.33. The van der Waals surface area contributed by atoms with Crippen molar-refractivity contribution >= 4 is 27.6 Å². The van der Waals surface area contributed by atoms with Crippen LogP contribution in [0.15, 0.2) is 29.2 Å². The van der Waals surface area contributed by atoms with Gasteiger partial charge in [-0.2, -0.15) is 0 Å². The maximum Gasteiger partial charge on any atom is 0.326 e. The number of benzene rings is 1. The Balaban J connectivity index is 2.94. The van der Waals surface area contributed by atoms with Crippen molar-refractivity contribution in [2.45, 2.75) is 24.8 Å². The standard InChI is InChI=1S/C16H22N2O6S/c1-10(2)14(16(21)22)17-15(20)11-5-7-12(8-6-11)25(23,24)9-13(19)18(3)4/h5-8,10,14H,9H2,1-4H3,(H,17,20)(H,21,22)/t14-/m1/s1. The molecule has 0 aromatic heterocycles. The van der Waals surface area contributed by atoms with Gasteiger partial charge >= 0.3 is 5.97 Å². The first kappa shape index (κ1) is 20.6. The van der Waals surface area contributed by atoms with E-state index in [9.17, 15) is 22.8 Å². The van der Waals surface area contributed by atoms with E-state index in [0.29, 0.717) is 0 Å². The first-order valence-electron chi connectivity index (χ1n) is 7.52. The second kappa shape index (κ2) is 8.11. The van der Waals surface area contributed by atoms with Crippen molar-refractivity contribution in [3.63, 3.8) is 0 Å². The summed E-state index contributed by atoms with van der Waals surface area (Å²) in [6.07, 6.45) is 0. The maximum absolute atomic E-state index is 12.2. The number of carbonyl (C=O) groups excluding carboxylic acids is 2. The van der Waals surface area contributed by atoms with Gasteiger partial charge in [-0.3, -0.25) is 9.59 Å². The lowest BCUT2D eigenvalue weighted by Crippen LogP contribution is -2.44. The van der Waals surface area contributed by atoms with Gasteiger partial charge in [-0.1, -0.05) is 13.8 Å². The van der Waals surface area contributed by atoms with Crippen LogP contribution in [-0.4, -0.2) is 62.1 Å². The molecule has 0 spiro atoms. The zero-order valence-corrected chi connectivity index (χ0v) is 15.3. The molecule has 0 aliphatic heterocycles. The third-order valence-electron chi connectivity index (χ3n) is 3.51. The van der Waals surface area contributed by atoms with Gasteiger partial charge in [0.05, 0.1) is 4.90 Å². The van der Waals surface area contributed by atoms with E-state index in [-0.39, 0.29) is 16.4 Å². The number of carboxylic acid groups (broad SMARTS) is 1. The highest BCUT2D eigenvalue weighted by atomic mass is 32.2. The van der Waals surface area contributed by atoms with Crippen LogP contribution in [-0.2, 0) is 19.4 Å². The molecular weight excluding hydrogens is 348 g/mol. The molecule has 8 nitrogen and oxygen atoms in total. The van der Waals surface area contributed by atoms with E-state index in [4.69, 9.17) is 5.11 Å². The number of amides is 2. The summed E-state index contributed by atoms with van der Waals surface area (Å²) in [5.74, 6) is -3.29. The Bertz CT molecular complexity index is 753. The van der Waals surface area contributed by atoms with E-state index in [1.54, 1.807) is 13.8 Å². The number of nitrogens with one attached hydrogen (secondary N) is 1. The summed E-state index contributed by atoms with van der Waals surface area (Å²) in [4.78, 5) is 35.9. The predicted octanol–water partition coefficient (Wildman–Crippen LogP) is 0.388. The lowest BCUT2D eigenvalue weighted by atomic mass is 10.0. The molecule has 2 N–H and O–H groups in total. The van der Waals surface area contributed by atoms with E-state index in [0.717, 1.165) is 0 Å². The highest BCUT2D eigenvalue weighted by molar-refractivity contribution is 7.92. The molecule has 0 aliphatic carbocycles. The van der Waals surface area contributed by atoms with E-state index in [2.05, 4.69) is 5.32 Å². The van der Waals surface area contributed by atoms with Gasteiger partial charge in [0.2, 0.25) is 5.91 Å². The minimum absolute atomic E-state index is 0.0853. The largest absolute Gasteiger partial charge is 0.480 e. The molecule has 0 unspecified atom stereocenters. The van der Waals surface area contributed by atoms with Crippen LogP contribution in [0, 0.1) is 5.92 Å².